The molecule has 0 fully saturated rings. The number of para-hydroxylation sites is 1. The largest absolute Gasteiger partial charge is 0.418 e. The third-order valence-corrected chi connectivity index (χ3v) is 2.62. The van der Waals surface area contributed by atoms with E-state index in [1.54, 1.807) is 6.07 Å². The smallest absolute Gasteiger partial charge is 0.321 e. The third kappa shape index (κ3) is 3.36. The summed E-state index contributed by atoms with van der Waals surface area (Å²) < 4.78 is 38.4. The van der Waals surface area contributed by atoms with E-state index in [0.29, 0.717) is 0 Å². The van der Waals surface area contributed by atoms with Crippen molar-refractivity contribution < 1.29 is 18.0 Å². The average Bonchev–Trinajstić information content (AvgIpc) is 2.47. The molecule has 0 aliphatic heterocycles. The lowest BCUT2D eigenvalue weighted by Crippen LogP contribution is -2.16. The summed E-state index contributed by atoms with van der Waals surface area (Å²) in [6.45, 7) is 0. The number of nitrogens with one attached hydrogen (secondary N) is 1. The molecule has 1 aromatic carbocycles. The highest BCUT2D eigenvalue weighted by Gasteiger charge is 2.33. The van der Waals surface area contributed by atoms with E-state index >= 15 is 0 Å². The molecule has 1 heterocycles. The van der Waals surface area contributed by atoms with Gasteiger partial charge in [0.05, 0.1) is 16.8 Å². The van der Waals surface area contributed by atoms with Gasteiger partial charge in [-0.05, 0) is 24.3 Å². The minimum Gasteiger partial charge on any atom is -0.321 e. The maximum Gasteiger partial charge on any atom is 0.418 e. The zero-order valence-corrected chi connectivity index (χ0v) is 10.5. The first-order chi connectivity index (χ1) is 9.91. The molecule has 106 valence electrons. The predicted molar refractivity (Wildman–Crippen MR) is 68.3 cm³/mol. The minimum atomic E-state index is -4.56. The Kier molecular flexibility index (Phi) is 3.89. The average molecular weight is 291 g/mol. The SMILES string of the molecule is N#Cc1ccc(C(=O)Nc2ccccc2C(F)(F)F)cn1. The molecule has 0 aliphatic rings. The van der Waals surface area contributed by atoms with E-state index in [-0.39, 0.29) is 16.9 Å². The van der Waals surface area contributed by atoms with Gasteiger partial charge in [0.1, 0.15) is 11.8 Å². The number of nitriles is 1. The fraction of sp³-hybridized carbons (Fsp3) is 0.0714. The summed E-state index contributed by atoms with van der Waals surface area (Å²) >= 11 is 0. The van der Waals surface area contributed by atoms with E-state index in [9.17, 15) is 18.0 Å². The van der Waals surface area contributed by atoms with E-state index in [4.69, 9.17) is 5.26 Å². The lowest BCUT2D eigenvalue weighted by atomic mass is 10.1. The fourth-order valence-electron chi connectivity index (χ4n) is 1.63. The van der Waals surface area contributed by atoms with Gasteiger partial charge < -0.3 is 5.32 Å². The molecule has 0 spiro atoms. The van der Waals surface area contributed by atoms with Crippen molar-refractivity contribution in [2.24, 2.45) is 0 Å². The van der Waals surface area contributed by atoms with Crippen molar-refractivity contribution in [3.63, 3.8) is 0 Å². The highest BCUT2D eigenvalue weighted by atomic mass is 19.4. The number of benzene rings is 1. The topological polar surface area (TPSA) is 65.8 Å². The first-order valence-corrected chi connectivity index (χ1v) is 5.75. The Balaban J connectivity index is 2.26. The van der Waals surface area contributed by atoms with Crippen LogP contribution in [0.5, 0.6) is 0 Å². The monoisotopic (exact) mass is 291 g/mol. The zero-order valence-electron chi connectivity index (χ0n) is 10.5. The summed E-state index contributed by atoms with van der Waals surface area (Å²) in [7, 11) is 0. The van der Waals surface area contributed by atoms with Crippen LogP contribution >= 0.6 is 0 Å². The lowest BCUT2D eigenvalue weighted by Gasteiger charge is -2.13. The standard InChI is InChI=1S/C14H8F3N3O/c15-14(16,17)11-3-1-2-4-12(11)20-13(21)9-5-6-10(7-18)19-8-9/h1-6,8H,(H,20,21). The van der Waals surface area contributed by atoms with Crippen LogP contribution in [-0.2, 0) is 6.18 Å². The molecule has 0 saturated heterocycles. The molecule has 21 heavy (non-hydrogen) atoms. The van der Waals surface area contributed by atoms with Crippen molar-refractivity contribution in [1.29, 1.82) is 5.26 Å². The predicted octanol–water partition coefficient (Wildman–Crippen LogP) is 3.22. The molecule has 2 rings (SSSR count). The normalized spacial score (nSPS) is 10.8. The third-order valence-electron chi connectivity index (χ3n) is 2.62. The van der Waals surface area contributed by atoms with Gasteiger partial charge in [0.2, 0.25) is 0 Å². The number of rotatable bonds is 2. The van der Waals surface area contributed by atoms with Crippen LogP contribution in [0.2, 0.25) is 0 Å². The van der Waals surface area contributed by atoms with Crippen molar-refractivity contribution in [1.82, 2.24) is 4.98 Å². The Morgan fingerprint density at radius 2 is 1.90 bits per heavy atom. The van der Waals surface area contributed by atoms with Crippen LogP contribution in [-0.4, -0.2) is 10.9 Å². The quantitative estimate of drug-likeness (QED) is 0.923. The van der Waals surface area contributed by atoms with Gasteiger partial charge in [-0.2, -0.15) is 18.4 Å². The first-order valence-electron chi connectivity index (χ1n) is 5.75. The molecule has 4 nitrogen and oxygen atoms in total. The van der Waals surface area contributed by atoms with E-state index in [0.717, 1.165) is 18.3 Å². The molecule has 1 amide bonds. The number of aromatic nitrogens is 1. The summed E-state index contributed by atoms with van der Waals surface area (Å²) in [4.78, 5) is 15.6. The van der Waals surface area contributed by atoms with Gasteiger partial charge in [-0.25, -0.2) is 4.98 Å². The van der Waals surface area contributed by atoms with E-state index in [2.05, 4.69) is 10.3 Å². The summed E-state index contributed by atoms with van der Waals surface area (Å²) in [6.07, 6.45) is -3.43. The number of anilines is 1. The van der Waals surface area contributed by atoms with Crippen LogP contribution < -0.4 is 5.32 Å². The Hall–Kier alpha value is -2.88. The minimum absolute atomic E-state index is 0.0611. The molecule has 0 saturated carbocycles. The van der Waals surface area contributed by atoms with Gasteiger partial charge in [0.25, 0.3) is 5.91 Å². The molecule has 0 bridgehead atoms. The van der Waals surface area contributed by atoms with Gasteiger partial charge in [-0.3, -0.25) is 4.79 Å². The number of amides is 1. The highest BCUT2D eigenvalue weighted by Crippen LogP contribution is 2.34. The zero-order chi connectivity index (χ0) is 15.5. The molecule has 0 radical (unpaired) electrons. The second-order valence-electron chi connectivity index (χ2n) is 4.04. The summed E-state index contributed by atoms with van der Waals surface area (Å²) in [5, 5.41) is 10.8. The Morgan fingerprint density at radius 3 is 2.48 bits per heavy atom. The molecular formula is C14H8F3N3O. The highest BCUT2D eigenvalue weighted by molar-refractivity contribution is 6.04. The molecule has 0 aliphatic carbocycles. The number of pyridine rings is 1. The van der Waals surface area contributed by atoms with Crippen LogP contribution in [0.1, 0.15) is 21.6 Å². The number of carbonyl (C=O) groups is 1. The number of nitrogens with zero attached hydrogens (tertiary/aromatic N) is 2. The second-order valence-corrected chi connectivity index (χ2v) is 4.04. The molecule has 7 heteroatoms. The summed E-state index contributed by atoms with van der Waals surface area (Å²) in [5.41, 5.74) is -1.09. The van der Waals surface area contributed by atoms with Crippen molar-refractivity contribution in [3.05, 3.63) is 59.4 Å². The number of alkyl halides is 3. The van der Waals surface area contributed by atoms with Crippen LogP contribution in [0.4, 0.5) is 18.9 Å². The van der Waals surface area contributed by atoms with Gasteiger partial charge >= 0.3 is 6.18 Å². The second kappa shape index (κ2) is 5.63. The van der Waals surface area contributed by atoms with Gasteiger partial charge in [-0.15, -0.1) is 0 Å². The Morgan fingerprint density at radius 1 is 1.19 bits per heavy atom. The van der Waals surface area contributed by atoms with Crippen LogP contribution in [0.3, 0.4) is 0 Å². The Labute approximate surface area is 117 Å². The van der Waals surface area contributed by atoms with Gasteiger partial charge in [-0.1, -0.05) is 12.1 Å². The van der Waals surface area contributed by atoms with Gasteiger partial charge in [0.15, 0.2) is 0 Å². The van der Waals surface area contributed by atoms with Crippen molar-refractivity contribution in [2.45, 2.75) is 6.18 Å². The molecule has 0 atom stereocenters. The fourth-order valence-corrected chi connectivity index (χ4v) is 1.63. The molecule has 1 aromatic heterocycles. The first kappa shape index (κ1) is 14.5. The van der Waals surface area contributed by atoms with Crippen molar-refractivity contribution in [2.75, 3.05) is 5.32 Å². The number of hydrogen-bond acceptors (Lipinski definition) is 3. The van der Waals surface area contributed by atoms with Crippen LogP contribution in [0.25, 0.3) is 0 Å². The molecule has 1 N–H and O–H groups in total. The number of halogens is 3. The van der Waals surface area contributed by atoms with E-state index < -0.39 is 17.6 Å². The molecule has 2 aromatic rings. The van der Waals surface area contributed by atoms with Gasteiger partial charge in [0, 0.05) is 6.20 Å². The van der Waals surface area contributed by atoms with Crippen LogP contribution in [0, 0.1) is 11.3 Å². The van der Waals surface area contributed by atoms with E-state index in [1.807, 2.05) is 0 Å². The van der Waals surface area contributed by atoms with Crippen LogP contribution in [0.15, 0.2) is 42.6 Å². The van der Waals surface area contributed by atoms with Crippen molar-refractivity contribution in [3.8, 4) is 6.07 Å². The molecule has 0 unspecified atom stereocenters. The van der Waals surface area contributed by atoms with Crippen molar-refractivity contribution >= 4 is 11.6 Å². The maximum absolute atomic E-state index is 12.8. The summed E-state index contributed by atoms with van der Waals surface area (Å²) in [6, 6.07) is 9.08. The lowest BCUT2D eigenvalue weighted by molar-refractivity contribution is -0.136. The molecular weight excluding hydrogens is 283 g/mol. The number of hydrogen-bond donors (Lipinski definition) is 1. The maximum atomic E-state index is 12.8. The number of carbonyl (C=O) groups excluding carboxylic acids is 1. The summed E-state index contributed by atoms with van der Waals surface area (Å²) in [5.74, 6) is -0.733. The Bertz CT molecular complexity index is 703. The van der Waals surface area contributed by atoms with E-state index in [1.165, 1.54) is 24.3 Å².